The summed E-state index contributed by atoms with van der Waals surface area (Å²) in [5.41, 5.74) is 0. The van der Waals surface area contributed by atoms with Crippen LogP contribution in [0.15, 0.2) is 11.0 Å². The van der Waals surface area contributed by atoms with Crippen LogP contribution in [0.4, 0.5) is 0 Å². The molecule has 1 aromatic rings. The van der Waals surface area contributed by atoms with Gasteiger partial charge in [-0.1, -0.05) is 13.8 Å². The lowest BCUT2D eigenvalue weighted by Gasteiger charge is -2.15. The Morgan fingerprint density at radius 1 is 1.39 bits per heavy atom. The van der Waals surface area contributed by atoms with Gasteiger partial charge >= 0.3 is 0 Å². The Labute approximate surface area is 118 Å². The monoisotopic (exact) mass is 307 g/mol. The van der Waals surface area contributed by atoms with Crippen molar-refractivity contribution < 1.29 is 8.42 Å². The standard InChI is InChI=1S/C12H18ClNO2S2/c1-8-6-14(7-9(8)2)18(15,16)12-4-11(5-13)17-10(12)3/h4,8-9H,5-7H2,1-3H3. The first-order valence-corrected chi connectivity index (χ1v) is 8.80. The molecule has 1 aliphatic heterocycles. The highest BCUT2D eigenvalue weighted by Gasteiger charge is 2.36. The van der Waals surface area contributed by atoms with E-state index in [9.17, 15) is 8.42 Å². The molecule has 1 aliphatic rings. The highest BCUT2D eigenvalue weighted by Crippen LogP contribution is 2.33. The fraction of sp³-hybridized carbons (Fsp3) is 0.667. The maximum Gasteiger partial charge on any atom is 0.244 e. The highest BCUT2D eigenvalue weighted by molar-refractivity contribution is 7.89. The Balaban J connectivity index is 2.34. The van der Waals surface area contributed by atoms with Gasteiger partial charge in [-0.05, 0) is 24.8 Å². The predicted octanol–water partition coefficient (Wildman–Crippen LogP) is 3.07. The Bertz CT molecular complexity index is 528. The van der Waals surface area contributed by atoms with Crippen molar-refractivity contribution in [2.75, 3.05) is 13.1 Å². The van der Waals surface area contributed by atoms with E-state index in [1.807, 2.05) is 6.92 Å². The maximum atomic E-state index is 12.6. The highest BCUT2D eigenvalue weighted by atomic mass is 35.5. The molecule has 2 rings (SSSR count). The van der Waals surface area contributed by atoms with Crippen molar-refractivity contribution in [1.82, 2.24) is 4.31 Å². The molecule has 0 amide bonds. The third-order valence-electron chi connectivity index (χ3n) is 3.63. The summed E-state index contributed by atoms with van der Waals surface area (Å²) in [6.45, 7) is 7.29. The number of hydrogen-bond donors (Lipinski definition) is 0. The second-order valence-corrected chi connectivity index (χ2v) is 8.56. The van der Waals surface area contributed by atoms with E-state index in [4.69, 9.17) is 11.6 Å². The van der Waals surface area contributed by atoms with Crippen molar-refractivity contribution in [3.8, 4) is 0 Å². The minimum Gasteiger partial charge on any atom is -0.207 e. The van der Waals surface area contributed by atoms with Crippen LogP contribution in [-0.4, -0.2) is 25.8 Å². The molecule has 18 heavy (non-hydrogen) atoms. The third kappa shape index (κ3) is 2.46. The minimum atomic E-state index is -3.34. The SMILES string of the molecule is Cc1sc(CCl)cc1S(=O)(=O)N1CC(C)C(C)C1. The van der Waals surface area contributed by atoms with Crippen LogP contribution in [0.1, 0.15) is 23.6 Å². The third-order valence-corrected chi connectivity index (χ3v) is 7.21. The van der Waals surface area contributed by atoms with Crippen molar-refractivity contribution in [2.24, 2.45) is 11.8 Å². The second kappa shape index (κ2) is 5.12. The summed E-state index contributed by atoms with van der Waals surface area (Å²) in [4.78, 5) is 2.18. The van der Waals surface area contributed by atoms with Crippen molar-refractivity contribution in [2.45, 2.75) is 31.5 Å². The summed E-state index contributed by atoms with van der Waals surface area (Å²) in [6.07, 6.45) is 0. The fourth-order valence-electron chi connectivity index (χ4n) is 2.26. The van der Waals surface area contributed by atoms with Crippen molar-refractivity contribution in [3.05, 3.63) is 15.8 Å². The van der Waals surface area contributed by atoms with Gasteiger partial charge in [-0.2, -0.15) is 4.31 Å². The molecule has 2 heterocycles. The number of hydrogen-bond acceptors (Lipinski definition) is 3. The van der Waals surface area contributed by atoms with E-state index in [0.717, 1.165) is 9.75 Å². The topological polar surface area (TPSA) is 37.4 Å². The van der Waals surface area contributed by atoms with Gasteiger partial charge in [-0.3, -0.25) is 0 Å². The van der Waals surface area contributed by atoms with Gasteiger partial charge in [0.15, 0.2) is 0 Å². The zero-order chi connectivity index (χ0) is 13.5. The van der Waals surface area contributed by atoms with Crippen LogP contribution in [0.5, 0.6) is 0 Å². The van der Waals surface area contributed by atoms with Crippen LogP contribution in [0.25, 0.3) is 0 Å². The van der Waals surface area contributed by atoms with E-state index >= 15 is 0 Å². The molecule has 0 aliphatic carbocycles. The molecule has 2 atom stereocenters. The van der Waals surface area contributed by atoms with Crippen LogP contribution in [0, 0.1) is 18.8 Å². The average molecular weight is 308 g/mol. The zero-order valence-electron chi connectivity index (χ0n) is 10.8. The molecule has 1 aromatic heterocycles. The molecule has 6 heteroatoms. The molecule has 1 saturated heterocycles. The number of halogens is 1. The fourth-order valence-corrected chi connectivity index (χ4v) is 5.59. The quantitative estimate of drug-likeness (QED) is 0.805. The lowest BCUT2D eigenvalue weighted by Crippen LogP contribution is -2.29. The van der Waals surface area contributed by atoms with E-state index < -0.39 is 10.0 Å². The molecule has 102 valence electrons. The molecule has 0 bridgehead atoms. The minimum absolute atomic E-state index is 0.369. The van der Waals surface area contributed by atoms with Gasteiger partial charge in [0.2, 0.25) is 10.0 Å². The van der Waals surface area contributed by atoms with Crippen LogP contribution >= 0.6 is 22.9 Å². The van der Waals surface area contributed by atoms with E-state index in [2.05, 4.69) is 13.8 Å². The number of aryl methyl sites for hydroxylation is 1. The van der Waals surface area contributed by atoms with Crippen molar-refractivity contribution in [3.63, 3.8) is 0 Å². The number of thiophene rings is 1. The molecule has 1 fully saturated rings. The molecule has 0 aromatic carbocycles. The smallest absolute Gasteiger partial charge is 0.207 e. The Hall–Kier alpha value is -0.100. The Morgan fingerprint density at radius 2 is 1.94 bits per heavy atom. The summed E-state index contributed by atoms with van der Waals surface area (Å²) in [7, 11) is -3.34. The van der Waals surface area contributed by atoms with Crippen LogP contribution in [-0.2, 0) is 15.9 Å². The van der Waals surface area contributed by atoms with Gasteiger partial charge in [-0.15, -0.1) is 22.9 Å². The molecule has 0 spiro atoms. The summed E-state index contributed by atoms with van der Waals surface area (Å²) in [5.74, 6) is 1.21. The van der Waals surface area contributed by atoms with Gasteiger partial charge in [0, 0.05) is 22.8 Å². The number of nitrogens with zero attached hydrogens (tertiary/aromatic N) is 1. The lowest BCUT2D eigenvalue weighted by atomic mass is 10.0. The lowest BCUT2D eigenvalue weighted by molar-refractivity contribution is 0.463. The van der Waals surface area contributed by atoms with E-state index in [0.29, 0.717) is 35.7 Å². The normalized spacial score (nSPS) is 25.8. The van der Waals surface area contributed by atoms with E-state index in [1.165, 1.54) is 11.3 Å². The average Bonchev–Trinajstić information content (AvgIpc) is 2.84. The largest absolute Gasteiger partial charge is 0.244 e. The van der Waals surface area contributed by atoms with E-state index in [1.54, 1.807) is 10.4 Å². The summed E-state index contributed by atoms with van der Waals surface area (Å²) in [5, 5.41) is 0. The van der Waals surface area contributed by atoms with Crippen molar-refractivity contribution in [1.29, 1.82) is 0 Å². The van der Waals surface area contributed by atoms with Gasteiger partial charge < -0.3 is 0 Å². The summed E-state index contributed by atoms with van der Waals surface area (Å²) < 4.78 is 26.7. The molecule has 3 nitrogen and oxygen atoms in total. The van der Waals surface area contributed by atoms with Crippen molar-refractivity contribution >= 4 is 33.0 Å². The first-order valence-electron chi connectivity index (χ1n) is 6.01. The number of sulfonamides is 1. The predicted molar refractivity (Wildman–Crippen MR) is 75.7 cm³/mol. The first kappa shape index (κ1) is 14.3. The maximum absolute atomic E-state index is 12.6. The molecular weight excluding hydrogens is 290 g/mol. The van der Waals surface area contributed by atoms with Gasteiger partial charge in [0.05, 0.1) is 10.8 Å². The van der Waals surface area contributed by atoms with Gasteiger partial charge in [-0.25, -0.2) is 8.42 Å². The van der Waals surface area contributed by atoms with Crippen LogP contribution < -0.4 is 0 Å². The summed E-state index contributed by atoms with van der Waals surface area (Å²) in [6, 6.07) is 1.72. The zero-order valence-corrected chi connectivity index (χ0v) is 13.2. The van der Waals surface area contributed by atoms with Crippen LogP contribution in [0.3, 0.4) is 0 Å². The number of rotatable bonds is 3. The molecule has 0 radical (unpaired) electrons. The molecule has 2 unspecified atom stereocenters. The number of alkyl halides is 1. The Morgan fingerprint density at radius 3 is 2.39 bits per heavy atom. The summed E-state index contributed by atoms with van der Waals surface area (Å²) >= 11 is 7.23. The second-order valence-electron chi connectivity index (χ2n) is 5.04. The van der Waals surface area contributed by atoms with Crippen LogP contribution in [0.2, 0.25) is 0 Å². The van der Waals surface area contributed by atoms with Gasteiger partial charge in [0.1, 0.15) is 0 Å². The molecule has 0 saturated carbocycles. The van der Waals surface area contributed by atoms with Gasteiger partial charge in [0.25, 0.3) is 0 Å². The first-order chi connectivity index (χ1) is 8.36. The molecular formula is C12H18ClNO2S2. The molecule has 0 N–H and O–H groups in total. The van der Waals surface area contributed by atoms with E-state index in [-0.39, 0.29) is 0 Å². The Kier molecular flexibility index (Phi) is 4.07.